The zero-order valence-corrected chi connectivity index (χ0v) is 20.9. The first-order valence-electron chi connectivity index (χ1n) is 11.6. The molecule has 0 radical (unpaired) electrons. The van der Waals surface area contributed by atoms with Crippen LogP contribution in [0.15, 0.2) is 85.2 Å². The standard InChI is InChI=1S/C28H20Cl2N4O3/c29-18-4-9-21(10-5-18)37-28(35)34-15-12-22-23-16-19(30)6-11-24(23)33-25(22)26(34)17-2-7-20(8-3-17)36-27-31-13-1-14-32-27/h1-11,13-14,16,26,33H,12,15H2. The number of aromatic amines is 1. The van der Waals surface area contributed by atoms with Crippen molar-refractivity contribution in [2.45, 2.75) is 12.5 Å². The van der Waals surface area contributed by atoms with Crippen molar-refractivity contribution in [1.82, 2.24) is 19.9 Å². The fraction of sp³-hybridized carbons (Fsp3) is 0.107. The number of H-pyrrole nitrogens is 1. The third-order valence-corrected chi connectivity index (χ3v) is 6.78. The molecule has 0 fully saturated rings. The van der Waals surface area contributed by atoms with Gasteiger partial charge in [0.25, 0.3) is 0 Å². The molecule has 6 rings (SSSR count). The number of carbonyl (C=O) groups excluding carboxylic acids is 1. The van der Waals surface area contributed by atoms with Crippen LogP contribution in [-0.4, -0.2) is 32.5 Å². The molecule has 1 atom stereocenters. The van der Waals surface area contributed by atoms with Crippen molar-refractivity contribution in [3.63, 3.8) is 0 Å². The SMILES string of the molecule is O=C(Oc1ccc(Cl)cc1)N1CCc2c([nH]c3ccc(Cl)cc23)C1c1ccc(Oc2ncccn2)cc1. The molecule has 3 aromatic carbocycles. The number of hydrogen-bond donors (Lipinski definition) is 1. The predicted octanol–water partition coefficient (Wildman–Crippen LogP) is 7.20. The second-order valence-electron chi connectivity index (χ2n) is 8.58. The molecule has 1 N–H and O–H groups in total. The average Bonchev–Trinajstić information content (AvgIpc) is 3.28. The Balaban J connectivity index is 1.37. The van der Waals surface area contributed by atoms with Gasteiger partial charge in [0.2, 0.25) is 0 Å². The number of amides is 1. The lowest BCUT2D eigenvalue weighted by Gasteiger charge is -2.35. The molecule has 1 amide bonds. The summed E-state index contributed by atoms with van der Waals surface area (Å²) in [6.07, 6.45) is 3.45. The van der Waals surface area contributed by atoms with Crippen molar-refractivity contribution < 1.29 is 14.3 Å². The summed E-state index contributed by atoms with van der Waals surface area (Å²) >= 11 is 12.3. The lowest BCUT2D eigenvalue weighted by Crippen LogP contribution is -2.42. The smallest absolute Gasteiger partial charge is 0.416 e. The van der Waals surface area contributed by atoms with Crippen molar-refractivity contribution in [3.8, 4) is 17.5 Å². The quantitative estimate of drug-likeness (QED) is 0.265. The molecule has 0 spiro atoms. The summed E-state index contributed by atoms with van der Waals surface area (Å²) in [6.45, 7) is 0.472. The van der Waals surface area contributed by atoms with E-state index in [-0.39, 0.29) is 6.01 Å². The van der Waals surface area contributed by atoms with E-state index in [4.69, 9.17) is 32.7 Å². The molecule has 0 saturated carbocycles. The summed E-state index contributed by atoms with van der Waals surface area (Å²) in [5.41, 5.74) is 3.93. The number of ether oxygens (including phenoxy) is 2. The van der Waals surface area contributed by atoms with E-state index in [2.05, 4.69) is 15.0 Å². The van der Waals surface area contributed by atoms with Crippen LogP contribution in [0.4, 0.5) is 4.79 Å². The normalized spacial score (nSPS) is 14.9. The second-order valence-corrected chi connectivity index (χ2v) is 9.45. The molecule has 37 heavy (non-hydrogen) atoms. The molecule has 7 nitrogen and oxygen atoms in total. The van der Waals surface area contributed by atoms with E-state index >= 15 is 0 Å². The minimum Gasteiger partial charge on any atom is -0.424 e. The molecule has 9 heteroatoms. The van der Waals surface area contributed by atoms with Gasteiger partial charge >= 0.3 is 12.1 Å². The summed E-state index contributed by atoms with van der Waals surface area (Å²) in [7, 11) is 0. The summed E-state index contributed by atoms with van der Waals surface area (Å²) < 4.78 is 11.5. The molecule has 1 aliphatic heterocycles. The van der Waals surface area contributed by atoms with Crippen LogP contribution < -0.4 is 9.47 Å². The highest BCUT2D eigenvalue weighted by Gasteiger charge is 2.35. The van der Waals surface area contributed by atoms with Gasteiger partial charge in [-0.3, -0.25) is 4.90 Å². The van der Waals surface area contributed by atoms with Crippen LogP contribution in [0.5, 0.6) is 17.5 Å². The Bertz CT molecular complexity index is 1570. The van der Waals surface area contributed by atoms with Crippen LogP contribution in [0.25, 0.3) is 10.9 Å². The fourth-order valence-electron chi connectivity index (χ4n) is 4.63. The van der Waals surface area contributed by atoms with Crippen LogP contribution >= 0.6 is 23.2 Å². The van der Waals surface area contributed by atoms with Gasteiger partial charge in [0.15, 0.2) is 0 Å². The van der Waals surface area contributed by atoms with E-state index in [1.54, 1.807) is 47.6 Å². The van der Waals surface area contributed by atoms with Gasteiger partial charge in [-0.15, -0.1) is 0 Å². The topological polar surface area (TPSA) is 80.3 Å². The molecule has 5 aromatic rings. The molecule has 1 unspecified atom stereocenters. The third-order valence-electron chi connectivity index (χ3n) is 6.29. The van der Waals surface area contributed by atoms with E-state index in [0.29, 0.717) is 34.5 Å². The first kappa shape index (κ1) is 23.3. The van der Waals surface area contributed by atoms with Gasteiger partial charge in [-0.2, -0.15) is 0 Å². The van der Waals surface area contributed by atoms with Gasteiger partial charge in [0.1, 0.15) is 17.5 Å². The van der Waals surface area contributed by atoms with Crippen molar-refractivity contribution in [1.29, 1.82) is 0 Å². The van der Waals surface area contributed by atoms with Crippen molar-refractivity contribution in [2.75, 3.05) is 6.54 Å². The molecule has 0 saturated heterocycles. The maximum Gasteiger partial charge on any atom is 0.416 e. The van der Waals surface area contributed by atoms with Crippen LogP contribution in [0, 0.1) is 0 Å². The average molecular weight is 531 g/mol. The van der Waals surface area contributed by atoms with E-state index in [1.807, 2.05) is 42.5 Å². The van der Waals surface area contributed by atoms with Gasteiger partial charge in [-0.1, -0.05) is 35.3 Å². The molecular weight excluding hydrogens is 511 g/mol. The van der Waals surface area contributed by atoms with Gasteiger partial charge in [0, 0.05) is 45.6 Å². The highest BCUT2D eigenvalue weighted by molar-refractivity contribution is 6.31. The molecular formula is C28H20Cl2N4O3. The van der Waals surface area contributed by atoms with Gasteiger partial charge in [0.05, 0.1) is 0 Å². The monoisotopic (exact) mass is 530 g/mol. The first-order valence-corrected chi connectivity index (χ1v) is 12.4. The third kappa shape index (κ3) is 4.71. The number of hydrogen-bond acceptors (Lipinski definition) is 5. The van der Waals surface area contributed by atoms with Crippen LogP contribution in [-0.2, 0) is 6.42 Å². The Labute approximate surface area is 222 Å². The van der Waals surface area contributed by atoms with Gasteiger partial charge in [-0.25, -0.2) is 14.8 Å². The second kappa shape index (κ2) is 9.76. The number of halogens is 2. The van der Waals surface area contributed by atoms with E-state index in [1.165, 1.54) is 0 Å². The lowest BCUT2D eigenvalue weighted by molar-refractivity contribution is 0.135. The predicted molar refractivity (Wildman–Crippen MR) is 142 cm³/mol. The molecule has 184 valence electrons. The minimum atomic E-state index is -0.451. The number of benzene rings is 3. The Hall–Kier alpha value is -4.07. The summed E-state index contributed by atoms with van der Waals surface area (Å²) in [5, 5.41) is 2.29. The summed E-state index contributed by atoms with van der Waals surface area (Å²) in [6, 6.07) is 21.6. The lowest BCUT2D eigenvalue weighted by atomic mass is 9.92. The molecule has 1 aliphatic rings. The number of carbonyl (C=O) groups is 1. The number of aromatic nitrogens is 3. The van der Waals surface area contributed by atoms with Crippen molar-refractivity contribution in [3.05, 3.63) is 112 Å². The van der Waals surface area contributed by atoms with Gasteiger partial charge < -0.3 is 14.5 Å². The first-order chi connectivity index (χ1) is 18.0. The van der Waals surface area contributed by atoms with E-state index < -0.39 is 12.1 Å². The molecule has 3 heterocycles. The largest absolute Gasteiger partial charge is 0.424 e. The van der Waals surface area contributed by atoms with E-state index in [0.717, 1.165) is 27.7 Å². The Morgan fingerprint density at radius 3 is 2.38 bits per heavy atom. The van der Waals surface area contributed by atoms with Crippen LogP contribution in [0.3, 0.4) is 0 Å². The highest BCUT2D eigenvalue weighted by Crippen LogP contribution is 2.40. The maximum atomic E-state index is 13.4. The summed E-state index contributed by atoms with van der Waals surface area (Å²) in [5.74, 6) is 1.01. The Morgan fingerprint density at radius 2 is 1.62 bits per heavy atom. The van der Waals surface area contributed by atoms with Crippen molar-refractivity contribution >= 4 is 40.2 Å². The molecule has 0 aliphatic carbocycles. The Morgan fingerprint density at radius 1 is 0.919 bits per heavy atom. The highest BCUT2D eigenvalue weighted by atomic mass is 35.5. The summed E-state index contributed by atoms with van der Waals surface area (Å²) in [4.78, 5) is 26.9. The van der Waals surface area contributed by atoms with Gasteiger partial charge in [-0.05, 0) is 78.2 Å². The minimum absolute atomic E-state index is 0.260. The van der Waals surface area contributed by atoms with Crippen LogP contribution in [0.1, 0.15) is 22.9 Å². The number of nitrogens with zero attached hydrogens (tertiary/aromatic N) is 3. The van der Waals surface area contributed by atoms with Crippen LogP contribution in [0.2, 0.25) is 10.0 Å². The number of rotatable bonds is 4. The molecule has 0 bridgehead atoms. The zero-order valence-electron chi connectivity index (χ0n) is 19.4. The maximum absolute atomic E-state index is 13.4. The van der Waals surface area contributed by atoms with E-state index in [9.17, 15) is 4.79 Å². The number of fused-ring (bicyclic) bond motifs is 3. The molecule has 2 aromatic heterocycles. The number of nitrogens with one attached hydrogen (secondary N) is 1. The zero-order chi connectivity index (χ0) is 25.4. The Kier molecular flexibility index (Phi) is 6.16. The fourth-order valence-corrected chi connectivity index (χ4v) is 4.93. The van der Waals surface area contributed by atoms with Crippen molar-refractivity contribution in [2.24, 2.45) is 0 Å².